The molecule has 6 heteroatoms. The summed E-state index contributed by atoms with van der Waals surface area (Å²) in [7, 11) is 0. The topological polar surface area (TPSA) is 74.2 Å². The van der Waals surface area contributed by atoms with Gasteiger partial charge in [0.1, 0.15) is 12.4 Å². The Labute approximate surface area is 192 Å². The number of ether oxygens (including phenoxy) is 1. The summed E-state index contributed by atoms with van der Waals surface area (Å²) < 4.78 is 5.81. The number of anilines is 1. The van der Waals surface area contributed by atoms with Crippen molar-refractivity contribution in [2.75, 3.05) is 5.32 Å². The molecule has 1 aliphatic rings. The van der Waals surface area contributed by atoms with Gasteiger partial charge in [0, 0.05) is 11.3 Å². The first-order valence-corrected chi connectivity index (χ1v) is 11.3. The summed E-state index contributed by atoms with van der Waals surface area (Å²) in [6.07, 6.45) is 2.87. The smallest absolute Gasteiger partial charge is 0.260 e. The Bertz CT molecular complexity index is 1160. The van der Waals surface area contributed by atoms with Crippen molar-refractivity contribution in [1.82, 2.24) is 5.32 Å². The zero-order valence-electron chi connectivity index (χ0n) is 17.7. The van der Waals surface area contributed by atoms with E-state index in [2.05, 4.69) is 35.8 Å². The zero-order chi connectivity index (χ0) is 22.3. The van der Waals surface area contributed by atoms with Gasteiger partial charge in [0.25, 0.3) is 5.91 Å². The van der Waals surface area contributed by atoms with Gasteiger partial charge in [-0.25, -0.2) is 0 Å². The van der Waals surface area contributed by atoms with Gasteiger partial charge in [0.15, 0.2) is 5.50 Å². The SMILES string of the molecule is CCc1ccc(N[C@@H]2NC(=O)/C(=C/c3ccc(OCc4ccccc4C#N)cc3)S2)cc1. The van der Waals surface area contributed by atoms with E-state index in [-0.39, 0.29) is 11.4 Å². The number of hydrogen-bond acceptors (Lipinski definition) is 5. The molecule has 1 fully saturated rings. The molecule has 1 aliphatic heterocycles. The predicted octanol–water partition coefficient (Wildman–Crippen LogP) is 5.30. The van der Waals surface area contributed by atoms with Gasteiger partial charge < -0.3 is 15.4 Å². The Morgan fingerprint density at radius 1 is 1.09 bits per heavy atom. The van der Waals surface area contributed by atoms with Crippen LogP contribution in [0.25, 0.3) is 6.08 Å². The Hall–Kier alpha value is -3.69. The van der Waals surface area contributed by atoms with Crippen molar-refractivity contribution in [3.8, 4) is 11.8 Å². The lowest BCUT2D eigenvalue weighted by Crippen LogP contribution is -2.30. The summed E-state index contributed by atoms with van der Waals surface area (Å²) in [5.74, 6) is 0.615. The summed E-state index contributed by atoms with van der Waals surface area (Å²) in [5, 5.41) is 15.5. The van der Waals surface area contributed by atoms with Gasteiger partial charge >= 0.3 is 0 Å². The van der Waals surface area contributed by atoms with E-state index in [0.717, 1.165) is 23.2 Å². The third kappa shape index (κ3) is 5.32. The fourth-order valence-electron chi connectivity index (χ4n) is 3.28. The van der Waals surface area contributed by atoms with Crippen LogP contribution < -0.4 is 15.4 Å². The molecule has 3 aromatic rings. The molecule has 0 spiro atoms. The molecule has 4 rings (SSSR count). The number of carbonyl (C=O) groups is 1. The van der Waals surface area contributed by atoms with Gasteiger partial charge in [0.2, 0.25) is 0 Å². The van der Waals surface area contributed by atoms with Crippen LogP contribution in [0.2, 0.25) is 0 Å². The van der Waals surface area contributed by atoms with E-state index in [1.54, 1.807) is 6.07 Å². The van der Waals surface area contributed by atoms with E-state index in [9.17, 15) is 10.1 Å². The predicted molar refractivity (Wildman–Crippen MR) is 129 cm³/mol. The fourth-order valence-corrected chi connectivity index (χ4v) is 4.27. The second-order valence-corrected chi connectivity index (χ2v) is 8.45. The molecule has 0 aliphatic carbocycles. The van der Waals surface area contributed by atoms with E-state index in [1.807, 2.05) is 60.7 Å². The average Bonchev–Trinajstić information content (AvgIpc) is 3.17. The van der Waals surface area contributed by atoms with Crippen LogP contribution in [0, 0.1) is 11.3 Å². The Morgan fingerprint density at radius 3 is 2.56 bits per heavy atom. The molecular formula is C26H23N3O2S. The molecular weight excluding hydrogens is 418 g/mol. The molecule has 0 radical (unpaired) electrons. The van der Waals surface area contributed by atoms with Crippen molar-refractivity contribution in [1.29, 1.82) is 5.26 Å². The van der Waals surface area contributed by atoms with Crippen LogP contribution in [0.15, 0.2) is 77.7 Å². The Balaban J connectivity index is 1.36. The van der Waals surface area contributed by atoms with Gasteiger partial charge in [-0.05, 0) is 54.0 Å². The minimum absolute atomic E-state index is 0.0916. The standard InChI is InChI=1S/C26H23N3O2S/c1-2-18-7-11-22(12-8-18)28-26-29-25(30)24(32-26)15-19-9-13-23(14-10-19)31-17-21-6-4-3-5-20(21)16-27/h3-15,26,28H,2,17H2,1H3,(H,29,30)/b24-15-/t26-/m1/s1. The lowest BCUT2D eigenvalue weighted by atomic mass is 10.1. The molecule has 1 amide bonds. The van der Waals surface area contributed by atoms with Crippen LogP contribution >= 0.6 is 11.8 Å². The van der Waals surface area contributed by atoms with Gasteiger partial charge in [-0.3, -0.25) is 4.79 Å². The molecule has 3 aromatic carbocycles. The first-order valence-electron chi connectivity index (χ1n) is 10.4. The van der Waals surface area contributed by atoms with Crippen molar-refractivity contribution in [2.45, 2.75) is 25.4 Å². The maximum atomic E-state index is 12.4. The number of nitriles is 1. The first kappa shape index (κ1) is 21.5. The second kappa shape index (κ2) is 10.1. The molecule has 0 saturated carbocycles. The van der Waals surface area contributed by atoms with E-state index >= 15 is 0 Å². The largest absolute Gasteiger partial charge is 0.489 e. The van der Waals surface area contributed by atoms with Crippen LogP contribution in [-0.2, 0) is 17.8 Å². The molecule has 1 saturated heterocycles. The van der Waals surface area contributed by atoms with Gasteiger partial charge in [-0.15, -0.1) is 0 Å². The number of thioether (sulfide) groups is 1. The van der Waals surface area contributed by atoms with E-state index in [4.69, 9.17) is 4.74 Å². The zero-order valence-corrected chi connectivity index (χ0v) is 18.5. The molecule has 1 heterocycles. The van der Waals surface area contributed by atoms with Crippen molar-refractivity contribution < 1.29 is 9.53 Å². The summed E-state index contributed by atoms with van der Waals surface area (Å²) in [5.41, 5.74) is 4.43. The van der Waals surface area contributed by atoms with Crippen LogP contribution in [0.4, 0.5) is 5.69 Å². The number of benzene rings is 3. The molecule has 0 bridgehead atoms. The van der Waals surface area contributed by atoms with Gasteiger partial charge in [0.05, 0.1) is 16.5 Å². The number of amides is 1. The van der Waals surface area contributed by atoms with Crippen molar-refractivity contribution >= 4 is 29.4 Å². The van der Waals surface area contributed by atoms with E-state index in [0.29, 0.717) is 22.8 Å². The highest BCUT2D eigenvalue weighted by atomic mass is 32.2. The lowest BCUT2D eigenvalue weighted by Gasteiger charge is -2.12. The second-order valence-electron chi connectivity index (χ2n) is 7.30. The minimum Gasteiger partial charge on any atom is -0.489 e. The number of aryl methyl sites for hydroxylation is 1. The monoisotopic (exact) mass is 441 g/mol. The molecule has 160 valence electrons. The summed E-state index contributed by atoms with van der Waals surface area (Å²) in [4.78, 5) is 13.0. The Kier molecular flexibility index (Phi) is 6.78. The van der Waals surface area contributed by atoms with Crippen LogP contribution in [-0.4, -0.2) is 11.4 Å². The van der Waals surface area contributed by atoms with E-state index in [1.165, 1.54) is 17.3 Å². The number of rotatable bonds is 7. The molecule has 0 unspecified atom stereocenters. The summed E-state index contributed by atoms with van der Waals surface area (Å²) in [6, 6.07) is 25.4. The quantitative estimate of drug-likeness (QED) is 0.487. The number of nitrogens with one attached hydrogen (secondary N) is 2. The first-order chi connectivity index (χ1) is 15.6. The third-order valence-electron chi connectivity index (χ3n) is 5.10. The van der Waals surface area contributed by atoms with Crippen molar-refractivity contribution in [3.63, 3.8) is 0 Å². The molecule has 1 atom stereocenters. The molecule has 2 N–H and O–H groups in total. The maximum Gasteiger partial charge on any atom is 0.260 e. The Morgan fingerprint density at radius 2 is 1.84 bits per heavy atom. The van der Waals surface area contributed by atoms with Crippen LogP contribution in [0.3, 0.4) is 0 Å². The maximum absolute atomic E-state index is 12.4. The molecule has 0 aromatic heterocycles. The number of carbonyl (C=O) groups excluding carboxylic acids is 1. The highest BCUT2D eigenvalue weighted by Crippen LogP contribution is 2.30. The van der Waals surface area contributed by atoms with Gasteiger partial charge in [-0.2, -0.15) is 5.26 Å². The van der Waals surface area contributed by atoms with Crippen molar-refractivity contribution in [3.05, 3.63) is 100.0 Å². The fraction of sp³-hybridized carbons (Fsp3) is 0.154. The highest BCUT2D eigenvalue weighted by Gasteiger charge is 2.27. The highest BCUT2D eigenvalue weighted by molar-refractivity contribution is 8.05. The van der Waals surface area contributed by atoms with Crippen LogP contribution in [0.1, 0.15) is 29.2 Å². The van der Waals surface area contributed by atoms with Crippen LogP contribution in [0.5, 0.6) is 5.75 Å². The number of hydrogen-bond donors (Lipinski definition) is 2. The minimum atomic E-state index is -0.205. The summed E-state index contributed by atoms with van der Waals surface area (Å²) in [6.45, 7) is 2.45. The molecule has 32 heavy (non-hydrogen) atoms. The normalized spacial score (nSPS) is 16.4. The lowest BCUT2D eigenvalue weighted by molar-refractivity contribution is -0.116. The average molecular weight is 442 g/mol. The number of nitrogens with zero attached hydrogens (tertiary/aromatic N) is 1. The molecule has 5 nitrogen and oxygen atoms in total. The van der Waals surface area contributed by atoms with Crippen molar-refractivity contribution in [2.24, 2.45) is 0 Å². The summed E-state index contributed by atoms with van der Waals surface area (Å²) >= 11 is 1.46. The third-order valence-corrected chi connectivity index (χ3v) is 6.13. The van der Waals surface area contributed by atoms with Gasteiger partial charge in [-0.1, -0.05) is 61.2 Å². The van der Waals surface area contributed by atoms with E-state index < -0.39 is 0 Å².